The predicted molar refractivity (Wildman–Crippen MR) is 88.2 cm³/mol. The van der Waals surface area contributed by atoms with Crippen molar-refractivity contribution in [2.75, 3.05) is 44.5 Å². The summed E-state index contributed by atoms with van der Waals surface area (Å²) in [5.74, 6) is 0.535. The fraction of sp³-hybridized carbons (Fsp3) is 0.538. The van der Waals surface area contributed by atoms with Gasteiger partial charge in [-0.1, -0.05) is 0 Å². The van der Waals surface area contributed by atoms with Crippen LogP contribution in [-0.2, 0) is 9.47 Å². The third-order valence-corrected chi connectivity index (χ3v) is 4.53. The molecule has 0 spiro atoms. The van der Waals surface area contributed by atoms with Gasteiger partial charge in [-0.05, 0) is 24.9 Å². The Morgan fingerprint density at radius 1 is 1.33 bits per heavy atom. The first-order valence-corrected chi connectivity index (χ1v) is 8.36. The van der Waals surface area contributed by atoms with E-state index in [1.54, 1.807) is 18.4 Å². The normalized spacial score (nSPS) is 11.0. The minimum atomic E-state index is 0.535. The maximum Gasteiger partial charge on any atom is 0.149 e. The Morgan fingerprint density at radius 2 is 2.19 bits per heavy atom. The van der Waals surface area contributed by atoms with Gasteiger partial charge in [-0.25, -0.2) is 4.98 Å². The van der Waals surface area contributed by atoms with E-state index in [2.05, 4.69) is 14.7 Å². The van der Waals surface area contributed by atoms with Gasteiger partial charge in [0.15, 0.2) is 0 Å². The van der Waals surface area contributed by atoms with Crippen LogP contribution in [0.5, 0.6) is 0 Å². The number of aryl methyl sites for hydroxylation is 1. The van der Waals surface area contributed by atoms with E-state index in [9.17, 15) is 0 Å². The van der Waals surface area contributed by atoms with Gasteiger partial charge in [0.25, 0.3) is 0 Å². The van der Waals surface area contributed by atoms with E-state index in [-0.39, 0.29) is 0 Å². The van der Waals surface area contributed by atoms with Crippen LogP contribution in [0.15, 0.2) is 5.38 Å². The smallest absolute Gasteiger partial charge is 0.149 e. The minimum absolute atomic E-state index is 0.535. The van der Waals surface area contributed by atoms with E-state index < -0.39 is 0 Å². The van der Waals surface area contributed by atoms with E-state index >= 15 is 0 Å². The fourth-order valence-electron chi connectivity index (χ4n) is 1.72. The van der Waals surface area contributed by atoms with Gasteiger partial charge >= 0.3 is 0 Å². The summed E-state index contributed by atoms with van der Waals surface area (Å²) in [7, 11) is 1.67. The highest BCUT2D eigenvalue weighted by Crippen LogP contribution is 2.38. The molecule has 0 amide bonds. The van der Waals surface area contributed by atoms with Gasteiger partial charge in [0.2, 0.25) is 0 Å². The van der Waals surface area contributed by atoms with Crippen LogP contribution in [0.3, 0.4) is 0 Å². The number of aromatic nitrogens is 2. The molecule has 2 heterocycles. The second-order valence-corrected chi connectivity index (χ2v) is 6.08. The molecule has 116 valence electrons. The highest BCUT2D eigenvalue weighted by molar-refractivity contribution is 7.15. The SMILES string of the molecule is COCCOCCCNc1snc(N)c1-c1nc(C)cs1. The van der Waals surface area contributed by atoms with Crippen LogP contribution >= 0.6 is 22.9 Å². The number of nitrogens with one attached hydrogen (secondary N) is 1. The minimum Gasteiger partial charge on any atom is -0.382 e. The summed E-state index contributed by atoms with van der Waals surface area (Å²) >= 11 is 2.96. The van der Waals surface area contributed by atoms with Gasteiger partial charge in [-0.15, -0.1) is 11.3 Å². The molecule has 0 radical (unpaired) electrons. The number of nitrogens with zero attached hydrogens (tertiary/aromatic N) is 2. The molecular weight excluding hydrogens is 308 g/mol. The van der Waals surface area contributed by atoms with Gasteiger partial charge in [-0.3, -0.25) is 0 Å². The van der Waals surface area contributed by atoms with Crippen LogP contribution < -0.4 is 11.1 Å². The molecule has 0 aliphatic rings. The highest BCUT2D eigenvalue weighted by atomic mass is 32.1. The molecule has 0 fully saturated rings. The van der Waals surface area contributed by atoms with Crippen molar-refractivity contribution in [3.8, 4) is 10.6 Å². The molecule has 2 rings (SSSR count). The number of hydrogen-bond donors (Lipinski definition) is 2. The molecule has 0 unspecified atom stereocenters. The molecule has 0 saturated carbocycles. The quantitative estimate of drug-likeness (QED) is 0.689. The van der Waals surface area contributed by atoms with E-state index in [0.717, 1.165) is 34.2 Å². The Labute approximate surface area is 132 Å². The molecule has 0 aliphatic heterocycles. The van der Waals surface area contributed by atoms with Gasteiger partial charge in [0.1, 0.15) is 15.8 Å². The van der Waals surface area contributed by atoms with Crippen LogP contribution in [0.1, 0.15) is 12.1 Å². The van der Waals surface area contributed by atoms with E-state index in [4.69, 9.17) is 15.2 Å². The Balaban J connectivity index is 1.84. The lowest BCUT2D eigenvalue weighted by molar-refractivity contribution is 0.0705. The summed E-state index contributed by atoms with van der Waals surface area (Å²) in [4.78, 5) is 4.48. The molecular formula is C13H20N4O2S2. The second kappa shape index (κ2) is 8.28. The maximum absolute atomic E-state index is 5.96. The van der Waals surface area contributed by atoms with E-state index in [0.29, 0.717) is 25.6 Å². The molecule has 0 aliphatic carbocycles. The molecule has 2 aromatic rings. The van der Waals surface area contributed by atoms with E-state index in [1.165, 1.54) is 11.5 Å². The number of hydrogen-bond acceptors (Lipinski definition) is 8. The van der Waals surface area contributed by atoms with Crippen molar-refractivity contribution in [3.05, 3.63) is 11.1 Å². The zero-order chi connectivity index (χ0) is 15.1. The summed E-state index contributed by atoms with van der Waals surface area (Å²) in [6.07, 6.45) is 0.915. The largest absolute Gasteiger partial charge is 0.382 e. The number of thiazole rings is 1. The first-order valence-electron chi connectivity index (χ1n) is 6.70. The third-order valence-electron chi connectivity index (χ3n) is 2.73. The number of anilines is 2. The standard InChI is InChI=1S/C13H20N4O2S2/c1-9-8-20-13(16-9)10-11(14)17-21-12(10)15-4-3-5-19-7-6-18-2/h8,15H,3-7H2,1-2H3,(H2,14,17). The van der Waals surface area contributed by atoms with Crippen molar-refractivity contribution < 1.29 is 9.47 Å². The van der Waals surface area contributed by atoms with Crippen molar-refractivity contribution in [2.24, 2.45) is 0 Å². The molecule has 0 saturated heterocycles. The van der Waals surface area contributed by atoms with Crippen LogP contribution in [0, 0.1) is 6.92 Å². The molecule has 6 nitrogen and oxygen atoms in total. The zero-order valence-corrected chi connectivity index (χ0v) is 13.9. The van der Waals surface area contributed by atoms with Crippen LogP contribution in [0.4, 0.5) is 10.8 Å². The number of ether oxygens (including phenoxy) is 2. The first kappa shape index (κ1) is 16.2. The van der Waals surface area contributed by atoms with Gasteiger partial charge < -0.3 is 20.5 Å². The maximum atomic E-state index is 5.96. The van der Waals surface area contributed by atoms with Crippen LogP contribution in [0.25, 0.3) is 10.6 Å². The van der Waals surface area contributed by atoms with Crippen LogP contribution in [-0.4, -0.2) is 42.8 Å². The summed E-state index contributed by atoms with van der Waals surface area (Å²) in [5, 5.41) is 7.26. The Kier molecular flexibility index (Phi) is 6.37. The lowest BCUT2D eigenvalue weighted by Gasteiger charge is -2.06. The lowest BCUT2D eigenvalue weighted by atomic mass is 10.3. The van der Waals surface area contributed by atoms with Crippen LogP contribution in [0.2, 0.25) is 0 Å². The Hall–Kier alpha value is -1.22. The average Bonchev–Trinajstić information content (AvgIpc) is 3.04. The van der Waals surface area contributed by atoms with Crippen molar-refractivity contribution in [2.45, 2.75) is 13.3 Å². The summed E-state index contributed by atoms with van der Waals surface area (Å²) in [6.45, 7) is 4.75. The molecule has 0 aromatic carbocycles. The Morgan fingerprint density at radius 3 is 2.90 bits per heavy atom. The number of nitrogen functional groups attached to an aromatic ring is 1. The highest BCUT2D eigenvalue weighted by Gasteiger charge is 2.16. The van der Waals surface area contributed by atoms with Crippen molar-refractivity contribution in [1.29, 1.82) is 0 Å². The number of rotatable bonds is 9. The Bertz CT molecular complexity index is 556. The monoisotopic (exact) mass is 328 g/mol. The topological polar surface area (TPSA) is 82.3 Å². The van der Waals surface area contributed by atoms with Gasteiger partial charge in [0.05, 0.1) is 18.8 Å². The predicted octanol–water partition coefficient (Wildman–Crippen LogP) is 2.62. The molecule has 8 heteroatoms. The number of nitrogens with two attached hydrogens (primary N) is 1. The summed E-state index contributed by atoms with van der Waals surface area (Å²) in [6, 6.07) is 0. The number of methoxy groups -OCH3 is 1. The van der Waals surface area contributed by atoms with E-state index in [1.807, 2.05) is 12.3 Å². The lowest BCUT2D eigenvalue weighted by Crippen LogP contribution is -2.08. The molecule has 0 atom stereocenters. The molecule has 3 N–H and O–H groups in total. The van der Waals surface area contributed by atoms with Crippen molar-refractivity contribution >= 4 is 33.7 Å². The van der Waals surface area contributed by atoms with Gasteiger partial charge in [0, 0.05) is 31.3 Å². The second-order valence-electron chi connectivity index (χ2n) is 4.45. The average molecular weight is 328 g/mol. The third kappa shape index (κ3) is 4.63. The molecule has 0 bridgehead atoms. The zero-order valence-electron chi connectivity index (χ0n) is 12.2. The fourth-order valence-corrected chi connectivity index (χ4v) is 3.38. The summed E-state index contributed by atoms with van der Waals surface area (Å²) in [5.41, 5.74) is 7.87. The summed E-state index contributed by atoms with van der Waals surface area (Å²) < 4.78 is 14.6. The van der Waals surface area contributed by atoms with Gasteiger partial charge in [-0.2, -0.15) is 4.37 Å². The van der Waals surface area contributed by atoms with Crippen molar-refractivity contribution in [3.63, 3.8) is 0 Å². The first-order chi connectivity index (χ1) is 10.2. The molecule has 21 heavy (non-hydrogen) atoms. The molecule has 2 aromatic heterocycles. The van der Waals surface area contributed by atoms with Crippen molar-refractivity contribution in [1.82, 2.24) is 9.36 Å².